The maximum Gasteiger partial charge on any atom is -0.0272 e. The second-order valence-corrected chi connectivity index (χ2v) is 11.3. The molecule has 0 aliphatic carbocycles. The second-order valence-electron chi connectivity index (χ2n) is 11.3. The fourth-order valence-corrected chi connectivity index (χ4v) is 4.81. The Morgan fingerprint density at radius 1 is 0.654 bits per heavy atom. The van der Waals surface area contributed by atoms with E-state index in [0.717, 1.165) is 41.4 Å². The standard InChI is InChI=1S/C26H54/c1-19(2)18-25(21(5)6)26(11,22(7)8)17-13-15-23(9)14-12-16-24(10)20(3)4/h19-25H,12-18H2,1-11H3. The molecule has 0 saturated heterocycles. The van der Waals surface area contributed by atoms with Crippen LogP contribution in [0.1, 0.15) is 121 Å². The lowest BCUT2D eigenvalue weighted by Crippen LogP contribution is -2.37. The van der Waals surface area contributed by atoms with Gasteiger partial charge in [0, 0.05) is 0 Å². The lowest BCUT2D eigenvalue weighted by atomic mass is 9.60. The van der Waals surface area contributed by atoms with Gasteiger partial charge in [-0.1, -0.05) is 108 Å². The third-order valence-electron chi connectivity index (χ3n) is 7.60. The maximum atomic E-state index is 2.60. The summed E-state index contributed by atoms with van der Waals surface area (Å²) in [6.45, 7) is 26.9. The highest BCUT2D eigenvalue weighted by atomic mass is 14.4. The van der Waals surface area contributed by atoms with E-state index in [0.29, 0.717) is 5.41 Å². The number of rotatable bonds is 14. The van der Waals surface area contributed by atoms with Crippen LogP contribution in [-0.2, 0) is 0 Å². The van der Waals surface area contributed by atoms with Crippen LogP contribution < -0.4 is 0 Å². The Kier molecular flexibility index (Phi) is 12.5. The van der Waals surface area contributed by atoms with Gasteiger partial charge in [-0.25, -0.2) is 0 Å². The molecule has 0 fully saturated rings. The van der Waals surface area contributed by atoms with Crippen molar-refractivity contribution in [3.05, 3.63) is 0 Å². The van der Waals surface area contributed by atoms with Gasteiger partial charge in [-0.15, -0.1) is 0 Å². The minimum atomic E-state index is 0.490. The van der Waals surface area contributed by atoms with Crippen LogP contribution in [0.5, 0.6) is 0 Å². The fourth-order valence-electron chi connectivity index (χ4n) is 4.81. The Balaban J connectivity index is 4.55. The summed E-state index contributed by atoms with van der Waals surface area (Å²) < 4.78 is 0. The van der Waals surface area contributed by atoms with Gasteiger partial charge in [-0.3, -0.25) is 0 Å². The van der Waals surface area contributed by atoms with Gasteiger partial charge in [0.1, 0.15) is 0 Å². The summed E-state index contributed by atoms with van der Waals surface area (Å²) in [5.74, 6) is 5.84. The number of hydrogen-bond donors (Lipinski definition) is 0. The molecule has 0 rings (SSSR count). The highest BCUT2D eigenvalue weighted by Crippen LogP contribution is 2.47. The van der Waals surface area contributed by atoms with Crippen molar-refractivity contribution in [1.82, 2.24) is 0 Å². The third-order valence-corrected chi connectivity index (χ3v) is 7.60. The smallest absolute Gasteiger partial charge is 0.0272 e. The molecule has 4 atom stereocenters. The molecule has 0 heterocycles. The van der Waals surface area contributed by atoms with Crippen LogP contribution in [0.4, 0.5) is 0 Å². The zero-order chi connectivity index (χ0) is 20.5. The molecule has 0 bridgehead atoms. The van der Waals surface area contributed by atoms with Crippen LogP contribution in [0.25, 0.3) is 0 Å². The van der Waals surface area contributed by atoms with Crippen molar-refractivity contribution >= 4 is 0 Å². The van der Waals surface area contributed by atoms with Crippen molar-refractivity contribution in [3.63, 3.8) is 0 Å². The lowest BCUT2D eigenvalue weighted by Gasteiger charge is -2.45. The Labute approximate surface area is 168 Å². The van der Waals surface area contributed by atoms with Crippen molar-refractivity contribution in [3.8, 4) is 0 Å². The molecule has 0 aromatic rings. The zero-order valence-electron chi connectivity index (χ0n) is 20.5. The molecular formula is C26H54. The molecule has 0 aromatic carbocycles. The molecule has 0 nitrogen and oxygen atoms in total. The summed E-state index contributed by atoms with van der Waals surface area (Å²) in [5.41, 5.74) is 0.490. The first kappa shape index (κ1) is 26.0. The molecule has 0 radical (unpaired) electrons. The minimum absolute atomic E-state index is 0.490. The fraction of sp³-hybridized carbons (Fsp3) is 1.00. The van der Waals surface area contributed by atoms with E-state index < -0.39 is 0 Å². The summed E-state index contributed by atoms with van der Waals surface area (Å²) in [6.07, 6.45) is 9.89. The van der Waals surface area contributed by atoms with Crippen LogP contribution in [-0.4, -0.2) is 0 Å². The van der Waals surface area contributed by atoms with Crippen LogP contribution >= 0.6 is 0 Å². The first-order valence-electron chi connectivity index (χ1n) is 11.9. The van der Waals surface area contributed by atoms with Gasteiger partial charge < -0.3 is 0 Å². The van der Waals surface area contributed by atoms with E-state index in [-0.39, 0.29) is 0 Å². The lowest BCUT2D eigenvalue weighted by molar-refractivity contribution is 0.0457. The largest absolute Gasteiger partial charge is 0.0628 e. The van der Waals surface area contributed by atoms with E-state index in [2.05, 4.69) is 76.2 Å². The SMILES string of the molecule is CC(C)CC(C(C)C)C(C)(CCCC(C)CCCC(C)C(C)C)C(C)C. The van der Waals surface area contributed by atoms with Gasteiger partial charge in [0.05, 0.1) is 0 Å². The van der Waals surface area contributed by atoms with Gasteiger partial charge in [-0.2, -0.15) is 0 Å². The summed E-state index contributed by atoms with van der Waals surface area (Å²) >= 11 is 0. The molecule has 0 aliphatic heterocycles. The normalized spacial score (nSPS) is 18.6. The maximum absolute atomic E-state index is 2.60. The van der Waals surface area contributed by atoms with E-state index in [9.17, 15) is 0 Å². The average Bonchev–Trinajstić information content (AvgIpc) is 2.51. The molecule has 0 spiro atoms. The van der Waals surface area contributed by atoms with Crippen LogP contribution in [0.2, 0.25) is 0 Å². The highest BCUT2D eigenvalue weighted by Gasteiger charge is 2.38. The van der Waals surface area contributed by atoms with Crippen molar-refractivity contribution in [2.24, 2.45) is 46.8 Å². The van der Waals surface area contributed by atoms with E-state index in [4.69, 9.17) is 0 Å². The predicted octanol–water partition coefficient (Wildman–Crippen LogP) is 9.24. The van der Waals surface area contributed by atoms with Gasteiger partial charge >= 0.3 is 0 Å². The quantitative estimate of drug-likeness (QED) is 0.287. The Hall–Kier alpha value is 0. The second kappa shape index (κ2) is 12.5. The Morgan fingerprint density at radius 2 is 1.19 bits per heavy atom. The van der Waals surface area contributed by atoms with E-state index in [1.54, 1.807) is 0 Å². The summed E-state index contributed by atoms with van der Waals surface area (Å²) in [6, 6.07) is 0. The van der Waals surface area contributed by atoms with E-state index in [1.807, 2.05) is 0 Å². The highest BCUT2D eigenvalue weighted by molar-refractivity contribution is 4.87. The van der Waals surface area contributed by atoms with Gasteiger partial charge in [0.2, 0.25) is 0 Å². The molecule has 26 heavy (non-hydrogen) atoms. The molecule has 0 amide bonds. The van der Waals surface area contributed by atoms with Crippen molar-refractivity contribution in [1.29, 1.82) is 0 Å². The summed E-state index contributed by atoms with van der Waals surface area (Å²) in [5, 5.41) is 0. The third kappa shape index (κ3) is 9.27. The molecule has 0 aromatic heterocycles. The molecule has 0 heteroatoms. The van der Waals surface area contributed by atoms with Crippen molar-refractivity contribution in [2.45, 2.75) is 121 Å². The summed E-state index contributed by atoms with van der Waals surface area (Å²) in [4.78, 5) is 0. The van der Waals surface area contributed by atoms with Crippen LogP contribution in [0.15, 0.2) is 0 Å². The predicted molar refractivity (Wildman–Crippen MR) is 122 cm³/mol. The van der Waals surface area contributed by atoms with Crippen molar-refractivity contribution < 1.29 is 0 Å². The minimum Gasteiger partial charge on any atom is -0.0628 e. The first-order valence-corrected chi connectivity index (χ1v) is 11.9. The van der Waals surface area contributed by atoms with Gasteiger partial charge in [-0.05, 0) is 59.7 Å². The molecular weight excluding hydrogens is 312 g/mol. The average molecular weight is 367 g/mol. The summed E-state index contributed by atoms with van der Waals surface area (Å²) in [7, 11) is 0. The molecule has 0 aliphatic rings. The Bertz CT molecular complexity index is 338. The van der Waals surface area contributed by atoms with Crippen molar-refractivity contribution in [2.75, 3.05) is 0 Å². The van der Waals surface area contributed by atoms with Gasteiger partial charge in [0.25, 0.3) is 0 Å². The Morgan fingerprint density at radius 3 is 1.62 bits per heavy atom. The van der Waals surface area contributed by atoms with Gasteiger partial charge in [0.15, 0.2) is 0 Å². The van der Waals surface area contributed by atoms with Crippen LogP contribution in [0, 0.1) is 46.8 Å². The molecule has 0 saturated carbocycles. The van der Waals surface area contributed by atoms with E-state index in [1.165, 1.54) is 44.9 Å². The monoisotopic (exact) mass is 366 g/mol. The number of hydrogen-bond acceptors (Lipinski definition) is 0. The molecule has 0 N–H and O–H groups in total. The molecule has 158 valence electrons. The van der Waals surface area contributed by atoms with Crippen LogP contribution in [0.3, 0.4) is 0 Å². The van der Waals surface area contributed by atoms with E-state index >= 15 is 0 Å². The molecule has 4 unspecified atom stereocenters. The topological polar surface area (TPSA) is 0 Å². The first-order chi connectivity index (χ1) is 11.9. The zero-order valence-corrected chi connectivity index (χ0v) is 20.5.